The predicted molar refractivity (Wildman–Crippen MR) is 90.6 cm³/mol. The van der Waals surface area contributed by atoms with Gasteiger partial charge >= 0.3 is 0 Å². The first-order valence-electron chi connectivity index (χ1n) is 7.35. The van der Waals surface area contributed by atoms with Crippen LogP contribution in [-0.2, 0) is 17.8 Å². The first-order valence-corrected chi connectivity index (χ1v) is 8.17. The van der Waals surface area contributed by atoms with Crippen molar-refractivity contribution in [3.63, 3.8) is 0 Å². The van der Waals surface area contributed by atoms with Crippen molar-refractivity contribution in [2.24, 2.45) is 0 Å². The zero-order chi connectivity index (χ0) is 17.8. The Bertz CT molecular complexity index is 968. The van der Waals surface area contributed by atoms with Crippen molar-refractivity contribution < 1.29 is 13.6 Å². The van der Waals surface area contributed by atoms with Crippen LogP contribution in [0.25, 0.3) is 0 Å². The monoisotopic (exact) mass is 361 g/mol. The normalized spacial score (nSPS) is 10.6. The van der Waals surface area contributed by atoms with Crippen LogP contribution in [0.3, 0.4) is 0 Å². The lowest BCUT2D eigenvalue weighted by Gasteiger charge is -2.04. The third-order valence-electron chi connectivity index (χ3n) is 3.38. The number of pyridine rings is 1. The number of rotatable bonds is 5. The second-order valence-corrected chi connectivity index (χ2v) is 6.39. The molecule has 0 radical (unpaired) electrons. The summed E-state index contributed by atoms with van der Waals surface area (Å²) >= 11 is 1.23. The quantitative estimate of drug-likeness (QED) is 0.760. The van der Waals surface area contributed by atoms with Gasteiger partial charge in [0.1, 0.15) is 6.54 Å². The van der Waals surface area contributed by atoms with Crippen LogP contribution < -0.4 is 10.9 Å². The highest BCUT2D eigenvalue weighted by Crippen LogP contribution is 2.22. The van der Waals surface area contributed by atoms with Crippen LogP contribution in [0.15, 0.2) is 53.6 Å². The Labute approximate surface area is 145 Å². The van der Waals surface area contributed by atoms with E-state index in [9.17, 15) is 18.4 Å². The molecule has 25 heavy (non-hydrogen) atoms. The predicted octanol–water partition coefficient (Wildman–Crippen LogP) is 2.81. The van der Waals surface area contributed by atoms with Crippen LogP contribution in [0.4, 0.5) is 13.9 Å². The Kier molecular flexibility index (Phi) is 4.99. The minimum atomic E-state index is -0.899. The van der Waals surface area contributed by atoms with Gasteiger partial charge in [-0.3, -0.25) is 9.59 Å². The third-order valence-corrected chi connectivity index (χ3v) is 4.29. The number of carbonyl (C=O) groups is 1. The summed E-state index contributed by atoms with van der Waals surface area (Å²) in [4.78, 5) is 28.4. The van der Waals surface area contributed by atoms with E-state index < -0.39 is 11.6 Å². The molecule has 8 heteroatoms. The molecule has 0 aliphatic heterocycles. The average molecular weight is 361 g/mol. The first-order chi connectivity index (χ1) is 12.0. The molecule has 3 rings (SSSR count). The van der Waals surface area contributed by atoms with Gasteiger partial charge in [0.2, 0.25) is 5.91 Å². The number of hydrogen-bond acceptors (Lipinski definition) is 4. The van der Waals surface area contributed by atoms with Crippen molar-refractivity contribution >= 4 is 22.4 Å². The minimum absolute atomic E-state index is 0.113. The van der Waals surface area contributed by atoms with E-state index in [0.717, 1.165) is 17.0 Å². The molecule has 2 aromatic heterocycles. The number of hydrogen-bond donors (Lipinski definition) is 1. The molecule has 128 valence electrons. The lowest BCUT2D eigenvalue weighted by atomic mass is 10.1. The van der Waals surface area contributed by atoms with E-state index in [1.54, 1.807) is 18.3 Å². The molecule has 0 unspecified atom stereocenters. The van der Waals surface area contributed by atoms with Crippen molar-refractivity contribution in [1.82, 2.24) is 9.55 Å². The maximum atomic E-state index is 13.2. The van der Waals surface area contributed by atoms with Crippen LogP contribution in [0, 0.1) is 11.6 Å². The van der Waals surface area contributed by atoms with E-state index in [2.05, 4.69) is 10.3 Å². The van der Waals surface area contributed by atoms with Crippen molar-refractivity contribution in [3.8, 4) is 0 Å². The smallest absolute Gasteiger partial charge is 0.250 e. The topological polar surface area (TPSA) is 64.0 Å². The fourth-order valence-electron chi connectivity index (χ4n) is 2.20. The number of benzene rings is 1. The van der Waals surface area contributed by atoms with Crippen LogP contribution >= 0.6 is 11.3 Å². The lowest BCUT2D eigenvalue weighted by Crippen LogP contribution is -2.26. The van der Waals surface area contributed by atoms with E-state index in [0.29, 0.717) is 17.1 Å². The van der Waals surface area contributed by atoms with Crippen molar-refractivity contribution in [2.45, 2.75) is 13.0 Å². The standard InChI is InChI=1S/C17H13F2N3O2S/c18-13-5-4-11(8-14(13)19)7-12-9-20-17(25-12)21-15(23)10-22-6-2-1-3-16(22)24/h1-6,8-9H,7,10H2,(H,20,21,23). The van der Waals surface area contributed by atoms with Gasteiger partial charge in [-0.2, -0.15) is 0 Å². The van der Waals surface area contributed by atoms with Crippen molar-refractivity contribution in [2.75, 3.05) is 5.32 Å². The lowest BCUT2D eigenvalue weighted by molar-refractivity contribution is -0.116. The molecular formula is C17H13F2N3O2S. The number of thiazole rings is 1. The summed E-state index contributed by atoms with van der Waals surface area (Å²) in [6, 6.07) is 8.34. The average Bonchev–Trinajstić information content (AvgIpc) is 3.00. The maximum Gasteiger partial charge on any atom is 0.250 e. The van der Waals surface area contributed by atoms with Crippen LogP contribution in [-0.4, -0.2) is 15.5 Å². The molecule has 0 atom stereocenters. The van der Waals surface area contributed by atoms with Crippen LogP contribution in [0.1, 0.15) is 10.4 Å². The molecule has 0 saturated heterocycles. The van der Waals surface area contributed by atoms with Gasteiger partial charge in [-0.15, -0.1) is 11.3 Å². The summed E-state index contributed by atoms with van der Waals surface area (Å²) in [5, 5.41) is 3.00. The molecule has 0 bridgehead atoms. The Hall–Kier alpha value is -2.87. The van der Waals surface area contributed by atoms with Gasteiger partial charge < -0.3 is 9.88 Å². The highest BCUT2D eigenvalue weighted by atomic mass is 32.1. The molecule has 2 heterocycles. The Morgan fingerprint density at radius 1 is 1.20 bits per heavy atom. The molecule has 0 aliphatic rings. The van der Waals surface area contributed by atoms with Gasteiger partial charge in [0.05, 0.1) is 0 Å². The molecule has 0 aliphatic carbocycles. The summed E-state index contributed by atoms with van der Waals surface area (Å²) in [7, 11) is 0. The second kappa shape index (κ2) is 7.35. The van der Waals surface area contributed by atoms with Gasteiger partial charge in [0, 0.05) is 29.8 Å². The third kappa shape index (κ3) is 4.36. The maximum absolute atomic E-state index is 13.2. The van der Waals surface area contributed by atoms with Crippen LogP contribution in [0.5, 0.6) is 0 Å². The summed E-state index contributed by atoms with van der Waals surface area (Å²) in [6.45, 7) is -0.113. The molecule has 0 fully saturated rings. The van der Waals surface area contributed by atoms with Gasteiger partial charge in [0.25, 0.3) is 5.56 Å². The molecule has 1 amide bonds. The minimum Gasteiger partial charge on any atom is -0.306 e. The van der Waals surface area contributed by atoms with Crippen LogP contribution in [0.2, 0.25) is 0 Å². The van der Waals surface area contributed by atoms with Gasteiger partial charge in [-0.25, -0.2) is 13.8 Å². The Morgan fingerprint density at radius 2 is 2.04 bits per heavy atom. The highest BCUT2D eigenvalue weighted by molar-refractivity contribution is 7.15. The molecule has 1 N–H and O–H groups in total. The molecule has 0 spiro atoms. The zero-order valence-corrected chi connectivity index (χ0v) is 13.7. The number of aromatic nitrogens is 2. The van der Waals surface area contributed by atoms with E-state index in [1.807, 2.05) is 0 Å². The van der Waals surface area contributed by atoms with E-state index in [4.69, 9.17) is 0 Å². The SMILES string of the molecule is O=C(Cn1ccccc1=O)Nc1ncc(Cc2ccc(F)c(F)c2)s1. The highest BCUT2D eigenvalue weighted by Gasteiger charge is 2.10. The number of nitrogens with one attached hydrogen (secondary N) is 1. The van der Waals surface area contributed by atoms with E-state index >= 15 is 0 Å². The molecular weight excluding hydrogens is 348 g/mol. The van der Waals surface area contributed by atoms with Crippen molar-refractivity contribution in [3.05, 3.63) is 81.2 Å². The number of halogens is 2. The van der Waals surface area contributed by atoms with E-state index in [1.165, 1.54) is 34.2 Å². The summed E-state index contributed by atoms with van der Waals surface area (Å²) in [5.74, 6) is -2.16. The second-order valence-electron chi connectivity index (χ2n) is 5.27. The molecule has 1 aromatic carbocycles. The van der Waals surface area contributed by atoms with E-state index in [-0.39, 0.29) is 18.0 Å². The van der Waals surface area contributed by atoms with Gasteiger partial charge in [-0.05, 0) is 23.8 Å². The molecule has 3 aromatic rings. The number of nitrogens with zero attached hydrogens (tertiary/aromatic N) is 2. The summed E-state index contributed by atoms with van der Waals surface area (Å²) in [6.07, 6.45) is 3.47. The zero-order valence-electron chi connectivity index (χ0n) is 12.9. The summed E-state index contributed by atoms with van der Waals surface area (Å²) < 4.78 is 27.4. The molecule has 5 nitrogen and oxygen atoms in total. The summed E-state index contributed by atoms with van der Waals surface area (Å²) in [5.41, 5.74) is 0.340. The number of carbonyl (C=O) groups excluding carboxylic acids is 1. The van der Waals surface area contributed by atoms with Gasteiger partial charge in [-0.1, -0.05) is 12.1 Å². The Morgan fingerprint density at radius 3 is 2.80 bits per heavy atom. The number of amides is 1. The fourth-order valence-corrected chi connectivity index (χ4v) is 3.07. The van der Waals surface area contributed by atoms with Gasteiger partial charge in [0.15, 0.2) is 16.8 Å². The fraction of sp³-hybridized carbons (Fsp3) is 0.118. The first kappa shape index (κ1) is 17.0. The largest absolute Gasteiger partial charge is 0.306 e. The van der Waals surface area contributed by atoms with Crippen molar-refractivity contribution in [1.29, 1.82) is 0 Å². The number of anilines is 1. The Balaban J connectivity index is 1.63. The molecule has 0 saturated carbocycles.